The second-order valence-electron chi connectivity index (χ2n) is 10.2. The molecule has 4 atom stereocenters. The molecule has 1 fully saturated rings. The Labute approximate surface area is 224 Å². The quantitative estimate of drug-likeness (QED) is 0.349. The van der Waals surface area contributed by atoms with Gasteiger partial charge in [0.25, 0.3) is 0 Å². The highest BCUT2D eigenvalue weighted by Gasteiger charge is 2.70. The molecular formula is C33H23FN2O3. The second-order valence-corrected chi connectivity index (χ2v) is 10.2. The molecule has 5 nitrogen and oxygen atoms in total. The van der Waals surface area contributed by atoms with Crippen LogP contribution in [0.4, 0.5) is 10.1 Å². The van der Waals surface area contributed by atoms with Gasteiger partial charge in [0.1, 0.15) is 17.3 Å². The first kappa shape index (κ1) is 23.3. The van der Waals surface area contributed by atoms with Crippen LogP contribution < -0.4 is 5.32 Å². The minimum Gasteiger partial charge on any atom is -0.358 e. The largest absolute Gasteiger partial charge is 0.358 e. The number of carbonyl (C=O) groups is 3. The van der Waals surface area contributed by atoms with E-state index in [0.29, 0.717) is 22.4 Å². The summed E-state index contributed by atoms with van der Waals surface area (Å²) < 4.78 is 14.9. The Kier molecular flexibility index (Phi) is 5.13. The smallest absolute Gasteiger partial charge is 0.238 e. The topological polar surface area (TPSA) is 66.5 Å². The molecule has 3 heterocycles. The summed E-state index contributed by atoms with van der Waals surface area (Å²) in [5, 5.41) is 2.94. The van der Waals surface area contributed by atoms with Crippen molar-refractivity contribution in [2.45, 2.75) is 17.5 Å². The average Bonchev–Trinajstić information content (AvgIpc) is 3.45. The molecule has 1 N–H and O–H groups in total. The van der Waals surface area contributed by atoms with Crippen LogP contribution in [0.15, 0.2) is 109 Å². The molecule has 4 aromatic rings. The van der Waals surface area contributed by atoms with Crippen molar-refractivity contribution in [3.63, 3.8) is 0 Å². The van der Waals surface area contributed by atoms with Crippen molar-refractivity contribution < 1.29 is 18.8 Å². The van der Waals surface area contributed by atoms with Crippen LogP contribution in [-0.4, -0.2) is 28.4 Å². The van der Waals surface area contributed by atoms with E-state index in [-0.39, 0.29) is 11.6 Å². The molecule has 3 aliphatic heterocycles. The van der Waals surface area contributed by atoms with Crippen molar-refractivity contribution in [2.24, 2.45) is 5.92 Å². The van der Waals surface area contributed by atoms with Gasteiger partial charge < -0.3 is 10.2 Å². The van der Waals surface area contributed by atoms with Gasteiger partial charge in [0.05, 0.1) is 12.0 Å². The lowest BCUT2D eigenvalue weighted by Gasteiger charge is -2.38. The Balaban J connectivity index is 1.56. The highest BCUT2D eigenvalue weighted by Crippen LogP contribution is 2.62. The third kappa shape index (κ3) is 3.21. The normalized spacial score (nSPS) is 24.2. The number of rotatable bonds is 4. The molecule has 1 unspecified atom stereocenters. The van der Waals surface area contributed by atoms with Crippen LogP contribution in [-0.2, 0) is 10.2 Å². The predicted octanol–water partition coefficient (Wildman–Crippen LogP) is 5.81. The van der Waals surface area contributed by atoms with E-state index in [0.717, 1.165) is 11.1 Å². The number of Topliss-reactive ketones (excluding diaryl/α,β-unsaturated/α-hetero) is 2. The average molecular weight is 515 g/mol. The van der Waals surface area contributed by atoms with E-state index in [1.165, 1.54) is 18.2 Å². The Morgan fingerprint density at radius 3 is 2.15 bits per heavy atom. The highest BCUT2D eigenvalue weighted by molar-refractivity contribution is 6.16. The predicted molar refractivity (Wildman–Crippen MR) is 146 cm³/mol. The molecule has 0 saturated carbocycles. The molecule has 190 valence electrons. The van der Waals surface area contributed by atoms with E-state index in [1.54, 1.807) is 48.5 Å². The van der Waals surface area contributed by atoms with Crippen molar-refractivity contribution >= 4 is 29.2 Å². The van der Waals surface area contributed by atoms with Crippen molar-refractivity contribution in [3.8, 4) is 0 Å². The van der Waals surface area contributed by atoms with Crippen LogP contribution in [0.5, 0.6) is 0 Å². The fourth-order valence-corrected chi connectivity index (χ4v) is 6.74. The number of amides is 1. The van der Waals surface area contributed by atoms with Gasteiger partial charge in [-0.2, -0.15) is 0 Å². The third-order valence-corrected chi connectivity index (χ3v) is 8.29. The maximum absolute atomic E-state index is 14.9. The number of hydrogen-bond acceptors (Lipinski definition) is 4. The molecule has 6 heteroatoms. The van der Waals surface area contributed by atoms with Gasteiger partial charge >= 0.3 is 0 Å². The summed E-state index contributed by atoms with van der Waals surface area (Å²) in [5.41, 5.74) is 1.81. The van der Waals surface area contributed by atoms with Gasteiger partial charge in [-0.3, -0.25) is 14.4 Å². The number of carbonyl (C=O) groups excluding carboxylic acids is 3. The minimum atomic E-state index is -1.56. The van der Waals surface area contributed by atoms with Gasteiger partial charge in [0, 0.05) is 23.0 Å². The summed E-state index contributed by atoms with van der Waals surface area (Å²) in [4.78, 5) is 45.1. The van der Waals surface area contributed by atoms with Gasteiger partial charge in [-0.05, 0) is 41.0 Å². The first-order valence-electron chi connectivity index (χ1n) is 12.9. The lowest BCUT2D eigenvalue weighted by atomic mass is 9.62. The van der Waals surface area contributed by atoms with Gasteiger partial charge in [-0.25, -0.2) is 4.39 Å². The van der Waals surface area contributed by atoms with Crippen molar-refractivity contribution in [3.05, 3.63) is 143 Å². The van der Waals surface area contributed by atoms with E-state index in [9.17, 15) is 18.8 Å². The van der Waals surface area contributed by atoms with Crippen LogP contribution in [0.25, 0.3) is 6.08 Å². The zero-order chi connectivity index (χ0) is 26.7. The summed E-state index contributed by atoms with van der Waals surface area (Å²) in [6.07, 6.45) is 3.71. The first-order valence-corrected chi connectivity index (χ1v) is 12.9. The van der Waals surface area contributed by atoms with E-state index in [1.807, 2.05) is 53.6 Å². The van der Waals surface area contributed by atoms with Crippen LogP contribution >= 0.6 is 0 Å². The van der Waals surface area contributed by atoms with Gasteiger partial charge in [-0.15, -0.1) is 0 Å². The number of benzene rings is 4. The molecule has 0 aliphatic carbocycles. The summed E-state index contributed by atoms with van der Waals surface area (Å²) >= 11 is 0. The molecular weight excluding hydrogens is 491 g/mol. The lowest BCUT2D eigenvalue weighted by Crippen LogP contribution is -2.49. The van der Waals surface area contributed by atoms with Gasteiger partial charge in [-0.1, -0.05) is 84.9 Å². The molecule has 39 heavy (non-hydrogen) atoms. The fourth-order valence-electron chi connectivity index (χ4n) is 6.74. The van der Waals surface area contributed by atoms with Crippen LogP contribution in [0.2, 0.25) is 0 Å². The Morgan fingerprint density at radius 2 is 1.44 bits per heavy atom. The molecule has 0 bridgehead atoms. The van der Waals surface area contributed by atoms with E-state index in [2.05, 4.69) is 5.32 Å². The van der Waals surface area contributed by atoms with E-state index >= 15 is 0 Å². The number of fused-ring (bicyclic) bond motifs is 6. The Hall–Kier alpha value is -4.84. The molecule has 1 saturated heterocycles. The standard InChI is InChI=1S/C33H23FN2O3/c34-23-15-16-26-25(19-23)33(32(39)35-26)27(29(37)21-10-3-1-4-11-21)28(30(38)22-12-5-2-6-13-22)36-18-17-20-9-7-8-14-24(20)31(33)36/h1-19,27-28,31H,(H,35,39)/t27-,28-,31?,33-/m0/s1. The van der Waals surface area contributed by atoms with Crippen molar-refractivity contribution in [1.29, 1.82) is 0 Å². The highest BCUT2D eigenvalue weighted by atomic mass is 19.1. The SMILES string of the molecule is O=C(c1ccccc1)[C@@H]1[C@@H](C(=O)c2ccccc2)[C@]2(C(=O)Nc3ccc(F)cc32)C2c3ccccc3C=CN21. The Morgan fingerprint density at radius 1 is 0.795 bits per heavy atom. The number of nitrogens with zero attached hydrogens (tertiary/aromatic N) is 1. The van der Waals surface area contributed by atoms with E-state index < -0.39 is 35.1 Å². The maximum Gasteiger partial charge on any atom is 0.238 e. The number of anilines is 1. The van der Waals surface area contributed by atoms with Crippen LogP contribution in [0, 0.1) is 11.7 Å². The monoisotopic (exact) mass is 514 g/mol. The third-order valence-electron chi connectivity index (χ3n) is 8.29. The molecule has 7 rings (SSSR count). The van der Waals surface area contributed by atoms with Gasteiger partial charge in [0.2, 0.25) is 5.91 Å². The first-order chi connectivity index (χ1) is 19.0. The van der Waals surface area contributed by atoms with Crippen molar-refractivity contribution in [1.82, 2.24) is 4.90 Å². The number of halogens is 1. The Bertz CT molecular complexity index is 1680. The molecule has 1 amide bonds. The fraction of sp³-hybridized carbons (Fsp3) is 0.121. The summed E-state index contributed by atoms with van der Waals surface area (Å²) in [6.45, 7) is 0. The maximum atomic E-state index is 14.9. The lowest BCUT2D eigenvalue weighted by molar-refractivity contribution is -0.122. The molecule has 4 aromatic carbocycles. The zero-order valence-electron chi connectivity index (χ0n) is 20.8. The number of hydrogen-bond donors (Lipinski definition) is 1. The summed E-state index contributed by atoms with van der Waals surface area (Å²) in [6, 6.07) is 27.6. The summed E-state index contributed by atoms with van der Waals surface area (Å²) in [7, 11) is 0. The molecule has 3 aliphatic rings. The van der Waals surface area contributed by atoms with Crippen LogP contribution in [0.1, 0.15) is 43.4 Å². The number of nitrogens with one attached hydrogen (secondary N) is 1. The van der Waals surface area contributed by atoms with E-state index in [4.69, 9.17) is 0 Å². The number of ketones is 2. The summed E-state index contributed by atoms with van der Waals surface area (Å²) in [5.74, 6) is -2.66. The van der Waals surface area contributed by atoms with Gasteiger partial charge in [0.15, 0.2) is 11.6 Å². The molecule has 0 aromatic heterocycles. The second kappa shape index (κ2) is 8.60. The zero-order valence-corrected chi connectivity index (χ0v) is 20.8. The van der Waals surface area contributed by atoms with Crippen molar-refractivity contribution in [2.75, 3.05) is 5.32 Å². The van der Waals surface area contributed by atoms with Crippen LogP contribution in [0.3, 0.4) is 0 Å². The molecule has 1 spiro atoms. The minimum absolute atomic E-state index is 0.270. The molecule has 0 radical (unpaired) electrons.